The molecule has 0 radical (unpaired) electrons. The highest BCUT2D eigenvalue weighted by Gasteiger charge is 2.07. The van der Waals surface area contributed by atoms with Crippen LogP contribution in [0.3, 0.4) is 0 Å². The van der Waals surface area contributed by atoms with E-state index < -0.39 is 5.91 Å². The van der Waals surface area contributed by atoms with Crippen LogP contribution in [0.5, 0.6) is 5.75 Å². The van der Waals surface area contributed by atoms with Crippen LogP contribution in [-0.2, 0) is 9.59 Å². The Hall–Kier alpha value is -2.47. The van der Waals surface area contributed by atoms with Gasteiger partial charge in [0.25, 0.3) is 5.91 Å². The summed E-state index contributed by atoms with van der Waals surface area (Å²) >= 11 is 1.62. The molecule has 6 heteroatoms. The Balaban J connectivity index is 1.64. The summed E-state index contributed by atoms with van der Waals surface area (Å²) in [4.78, 5) is 24.7. The molecule has 2 aromatic rings. The second-order valence-corrected chi connectivity index (χ2v) is 7.16. The van der Waals surface area contributed by atoms with E-state index in [4.69, 9.17) is 4.74 Å². The Morgan fingerprint density at radius 3 is 2.38 bits per heavy atom. The Bertz CT molecular complexity index is 777. The molecule has 0 aliphatic carbocycles. The fourth-order valence-corrected chi connectivity index (χ4v) is 3.11. The van der Waals surface area contributed by atoms with Crippen LogP contribution in [-0.4, -0.2) is 24.2 Å². The summed E-state index contributed by atoms with van der Waals surface area (Å²) in [5.74, 6) is 0.664. The molecule has 0 atom stereocenters. The number of rotatable bonds is 7. The first-order chi connectivity index (χ1) is 12.5. The van der Waals surface area contributed by atoms with Crippen molar-refractivity contribution in [1.29, 1.82) is 0 Å². The van der Waals surface area contributed by atoms with Gasteiger partial charge in [-0.3, -0.25) is 20.4 Å². The van der Waals surface area contributed by atoms with Crippen LogP contribution in [0, 0.1) is 20.8 Å². The second-order valence-electron chi connectivity index (χ2n) is 6.00. The van der Waals surface area contributed by atoms with Crippen molar-refractivity contribution in [3.8, 4) is 5.75 Å². The van der Waals surface area contributed by atoms with Crippen LogP contribution in [0.1, 0.15) is 23.1 Å². The summed E-state index contributed by atoms with van der Waals surface area (Å²) in [7, 11) is 0. The lowest BCUT2D eigenvalue weighted by atomic mass is 10.1. The fourth-order valence-electron chi connectivity index (χ4n) is 2.16. The number of para-hydroxylation sites is 1. The number of carbonyl (C=O) groups excluding carboxylic acids is 2. The Kier molecular flexibility index (Phi) is 7.53. The number of amides is 2. The third kappa shape index (κ3) is 6.44. The first-order valence-electron chi connectivity index (χ1n) is 8.42. The largest absolute Gasteiger partial charge is 0.483 e. The lowest BCUT2D eigenvalue weighted by Crippen LogP contribution is -2.43. The number of benzene rings is 2. The Morgan fingerprint density at radius 1 is 0.923 bits per heavy atom. The first-order valence-corrected chi connectivity index (χ1v) is 9.40. The van der Waals surface area contributed by atoms with Crippen molar-refractivity contribution in [2.75, 3.05) is 12.4 Å². The van der Waals surface area contributed by atoms with Crippen LogP contribution in [0.4, 0.5) is 0 Å². The van der Waals surface area contributed by atoms with E-state index in [2.05, 4.69) is 42.9 Å². The van der Waals surface area contributed by atoms with Crippen molar-refractivity contribution in [3.05, 3.63) is 59.2 Å². The van der Waals surface area contributed by atoms with Gasteiger partial charge >= 0.3 is 0 Å². The highest BCUT2D eigenvalue weighted by atomic mass is 32.2. The minimum Gasteiger partial charge on any atom is -0.483 e. The molecule has 0 heterocycles. The maximum Gasteiger partial charge on any atom is 0.276 e. The van der Waals surface area contributed by atoms with E-state index in [9.17, 15) is 9.59 Å². The number of aryl methyl sites for hydroxylation is 3. The number of hydrogen-bond acceptors (Lipinski definition) is 4. The monoisotopic (exact) mass is 372 g/mol. The van der Waals surface area contributed by atoms with E-state index in [0.29, 0.717) is 17.9 Å². The second kappa shape index (κ2) is 9.87. The van der Waals surface area contributed by atoms with Gasteiger partial charge in [0.1, 0.15) is 5.75 Å². The fraction of sp³-hybridized carbons (Fsp3) is 0.300. The average Bonchev–Trinajstić information content (AvgIpc) is 2.62. The van der Waals surface area contributed by atoms with Gasteiger partial charge in [-0.25, -0.2) is 0 Å². The van der Waals surface area contributed by atoms with Crippen molar-refractivity contribution in [2.45, 2.75) is 32.1 Å². The van der Waals surface area contributed by atoms with Crippen LogP contribution in [0.2, 0.25) is 0 Å². The van der Waals surface area contributed by atoms with Crippen molar-refractivity contribution >= 4 is 23.6 Å². The molecule has 2 N–H and O–H groups in total. The molecule has 0 aromatic heterocycles. The predicted octanol–water partition coefficient (Wildman–Crippen LogP) is 3.32. The molecule has 2 rings (SSSR count). The van der Waals surface area contributed by atoms with Gasteiger partial charge in [0, 0.05) is 17.1 Å². The quantitative estimate of drug-likeness (QED) is 0.578. The van der Waals surface area contributed by atoms with Crippen molar-refractivity contribution < 1.29 is 14.3 Å². The minimum atomic E-state index is -0.400. The molecule has 0 bridgehead atoms. The van der Waals surface area contributed by atoms with Crippen LogP contribution < -0.4 is 15.6 Å². The van der Waals surface area contributed by atoms with E-state index in [1.54, 1.807) is 17.8 Å². The van der Waals surface area contributed by atoms with Crippen LogP contribution >= 0.6 is 11.8 Å². The summed E-state index contributed by atoms with van der Waals surface area (Å²) < 4.78 is 5.42. The average molecular weight is 372 g/mol. The molecule has 0 spiro atoms. The van der Waals surface area contributed by atoms with Gasteiger partial charge in [-0.15, -0.1) is 11.8 Å². The molecular formula is C20H24N2O3S. The minimum absolute atomic E-state index is 0.150. The molecule has 2 amide bonds. The first kappa shape index (κ1) is 19.8. The Labute approximate surface area is 158 Å². The van der Waals surface area contributed by atoms with E-state index >= 15 is 0 Å². The van der Waals surface area contributed by atoms with Crippen molar-refractivity contribution in [3.63, 3.8) is 0 Å². The van der Waals surface area contributed by atoms with Gasteiger partial charge < -0.3 is 4.74 Å². The molecule has 2 aromatic carbocycles. The molecule has 0 saturated heterocycles. The molecule has 0 unspecified atom stereocenters. The SMILES string of the molecule is Cc1ccc(SCCC(=O)NNC(=O)COc2ccccc2C)cc1C. The number of nitrogens with one attached hydrogen (secondary N) is 2. The standard InChI is InChI=1S/C20H24N2O3S/c1-14-8-9-17(12-16(14)3)26-11-10-19(23)21-22-20(24)13-25-18-7-5-4-6-15(18)2/h4-9,12H,10-11,13H2,1-3H3,(H,21,23)(H,22,24). The zero-order valence-electron chi connectivity index (χ0n) is 15.3. The summed E-state index contributed by atoms with van der Waals surface area (Å²) in [5, 5.41) is 0. The zero-order valence-corrected chi connectivity index (χ0v) is 16.1. The predicted molar refractivity (Wildman–Crippen MR) is 104 cm³/mol. The molecular weight excluding hydrogens is 348 g/mol. The number of thioether (sulfide) groups is 1. The Morgan fingerprint density at radius 2 is 1.65 bits per heavy atom. The van der Waals surface area contributed by atoms with Gasteiger partial charge in [0.2, 0.25) is 5.91 Å². The number of hydrogen-bond donors (Lipinski definition) is 2. The maximum atomic E-state index is 11.8. The number of carbonyl (C=O) groups is 2. The van der Waals surface area contributed by atoms with E-state index in [1.165, 1.54) is 11.1 Å². The van der Waals surface area contributed by atoms with E-state index in [0.717, 1.165) is 10.5 Å². The summed E-state index contributed by atoms with van der Waals surface area (Å²) in [5.41, 5.74) is 8.21. The summed E-state index contributed by atoms with van der Waals surface area (Å²) in [6, 6.07) is 13.7. The molecule has 26 heavy (non-hydrogen) atoms. The number of ether oxygens (including phenoxy) is 1. The van der Waals surface area contributed by atoms with Gasteiger partial charge in [0.05, 0.1) is 0 Å². The van der Waals surface area contributed by atoms with Gasteiger partial charge in [-0.1, -0.05) is 24.3 Å². The molecule has 0 aliphatic rings. The molecule has 0 aliphatic heterocycles. The van der Waals surface area contributed by atoms with Crippen molar-refractivity contribution in [1.82, 2.24) is 10.9 Å². The molecule has 0 saturated carbocycles. The molecule has 0 fully saturated rings. The summed E-state index contributed by atoms with van der Waals surface area (Å²) in [6.07, 6.45) is 0.316. The van der Waals surface area contributed by atoms with E-state index in [-0.39, 0.29) is 12.5 Å². The zero-order chi connectivity index (χ0) is 18.9. The third-order valence-corrected chi connectivity index (χ3v) is 4.87. The third-order valence-electron chi connectivity index (χ3n) is 3.87. The van der Waals surface area contributed by atoms with Crippen LogP contribution in [0.25, 0.3) is 0 Å². The maximum absolute atomic E-state index is 11.8. The lowest BCUT2D eigenvalue weighted by Gasteiger charge is -2.10. The number of hydrazine groups is 1. The van der Waals surface area contributed by atoms with Crippen molar-refractivity contribution in [2.24, 2.45) is 0 Å². The normalized spacial score (nSPS) is 10.3. The van der Waals surface area contributed by atoms with Gasteiger partial charge in [-0.05, 0) is 55.7 Å². The molecule has 5 nitrogen and oxygen atoms in total. The van der Waals surface area contributed by atoms with E-state index in [1.807, 2.05) is 25.1 Å². The van der Waals surface area contributed by atoms with Gasteiger partial charge in [-0.2, -0.15) is 0 Å². The molecule has 138 valence electrons. The highest BCUT2D eigenvalue weighted by Crippen LogP contribution is 2.21. The van der Waals surface area contributed by atoms with Crippen LogP contribution in [0.15, 0.2) is 47.4 Å². The topological polar surface area (TPSA) is 67.4 Å². The summed E-state index contributed by atoms with van der Waals surface area (Å²) in [6.45, 7) is 5.90. The smallest absolute Gasteiger partial charge is 0.276 e. The highest BCUT2D eigenvalue weighted by molar-refractivity contribution is 7.99. The van der Waals surface area contributed by atoms with Gasteiger partial charge in [0.15, 0.2) is 6.61 Å². The lowest BCUT2D eigenvalue weighted by molar-refractivity contribution is -0.129.